The molecule has 3 aromatic carbocycles. The van der Waals surface area contributed by atoms with Gasteiger partial charge in [-0.25, -0.2) is 4.68 Å². The number of carbonyl (C=O) groups excluding carboxylic acids is 1. The molecule has 1 N–H and O–H groups in total. The Labute approximate surface area is 185 Å². The van der Waals surface area contributed by atoms with Crippen molar-refractivity contribution >= 4 is 34.0 Å². The van der Waals surface area contributed by atoms with Crippen LogP contribution < -0.4 is 10.9 Å². The Kier molecular flexibility index (Phi) is 5.61. The van der Waals surface area contributed by atoms with Crippen LogP contribution in [0.2, 0.25) is 5.02 Å². The molecule has 0 atom stereocenters. The second kappa shape index (κ2) is 8.36. The highest BCUT2D eigenvalue weighted by molar-refractivity contribution is 6.31. The molecule has 0 aliphatic rings. The van der Waals surface area contributed by atoms with Crippen LogP contribution in [0.4, 0.5) is 5.69 Å². The number of rotatable bonds is 4. The Balaban J connectivity index is 1.77. The third-order valence-electron chi connectivity index (χ3n) is 5.26. The number of aromatic nitrogens is 2. The maximum absolute atomic E-state index is 13.0. The van der Waals surface area contributed by atoms with Gasteiger partial charge in [-0.1, -0.05) is 53.6 Å². The van der Waals surface area contributed by atoms with Gasteiger partial charge in [-0.3, -0.25) is 9.59 Å². The molecule has 0 bridgehead atoms. The molecular formula is C25H22ClN3O2. The van der Waals surface area contributed by atoms with Crippen molar-refractivity contribution in [2.45, 2.75) is 27.3 Å². The van der Waals surface area contributed by atoms with Crippen molar-refractivity contribution in [3.63, 3.8) is 0 Å². The van der Waals surface area contributed by atoms with Crippen LogP contribution in [0.1, 0.15) is 16.7 Å². The van der Waals surface area contributed by atoms with Gasteiger partial charge in [0.25, 0.3) is 5.56 Å². The van der Waals surface area contributed by atoms with Crippen LogP contribution in [0.5, 0.6) is 0 Å². The van der Waals surface area contributed by atoms with E-state index in [1.807, 2.05) is 63.2 Å². The second-order valence-electron chi connectivity index (χ2n) is 7.69. The molecule has 156 valence electrons. The minimum Gasteiger partial charge on any atom is -0.324 e. The number of fused-ring (bicyclic) bond motifs is 1. The van der Waals surface area contributed by atoms with Gasteiger partial charge in [-0.2, -0.15) is 5.10 Å². The molecule has 0 fully saturated rings. The number of amides is 1. The largest absolute Gasteiger partial charge is 0.324 e. The molecular weight excluding hydrogens is 410 g/mol. The number of nitrogens with zero attached hydrogens (tertiary/aromatic N) is 2. The van der Waals surface area contributed by atoms with E-state index in [9.17, 15) is 9.59 Å². The number of hydrogen-bond acceptors (Lipinski definition) is 3. The van der Waals surface area contributed by atoms with E-state index in [0.717, 1.165) is 27.6 Å². The van der Waals surface area contributed by atoms with E-state index in [2.05, 4.69) is 10.4 Å². The summed E-state index contributed by atoms with van der Waals surface area (Å²) in [7, 11) is 0. The van der Waals surface area contributed by atoms with Crippen molar-refractivity contribution in [3.8, 4) is 11.3 Å². The summed E-state index contributed by atoms with van der Waals surface area (Å²) in [4.78, 5) is 25.7. The van der Waals surface area contributed by atoms with Gasteiger partial charge in [0.2, 0.25) is 5.91 Å². The maximum Gasteiger partial charge on any atom is 0.275 e. The summed E-state index contributed by atoms with van der Waals surface area (Å²) in [5.41, 5.74) is 4.96. The van der Waals surface area contributed by atoms with E-state index < -0.39 is 0 Å². The number of aryl methyl sites for hydroxylation is 3. The summed E-state index contributed by atoms with van der Waals surface area (Å²) in [5, 5.41) is 9.25. The smallest absolute Gasteiger partial charge is 0.275 e. The van der Waals surface area contributed by atoms with Gasteiger partial charge in [0.15, 0.2) is 0 Å². The lowest BCUT2D eigenvalue weighted by Gasteiger charge is -2.14. The van der Waals surface area contributed by atoms with Gasteiger partial charge in [0.05, 0.1) is 11.1 Å². The Bertz CT molecular complexity index is 1380. The Morgan fingerprint density at radius 1 is 0.968 bits per heavy atom. The van der Waals surface area contributed by atoms with Gasteiger partial charge in [-0.15, -0.1) is 0 Å². The summed E-state index contributed by atoms with van der Waals surface area (Å²) >= 11 is 6.15. The Hall–Kier alpha value is -3.44. The molecule has 1 heterocycles. The molecule has 0 spiro atoms. The summed E-state index contributed by atoms with van der Waals surface area (Å²) in [5.74, 6) is -0.350. The molecule has 5 nitrogen and oxygen atoms in total. The molecule has 0 saturated heterocycles. The molecule has 4 rings (SSSR count). The van der Waals surface area contributed by atoms with E-state index >= 15 is 0 Å². The number of halogens is 1. The summed E-state index contributed by atoms with van der Waals surface area (Å²) in [6.45, 7) is 5.71. The summed E-state index contributed by atoms with van der Waals surface area (Å²) < 4.78 is 1.23. The van der Waals surface area contributed by atoms with Crippen LogP contribution >= 0.6 is 11.6 Å². The van der Waals surface area contributed by atoms with E-state index in [1.165, 1.54) is 4.68 Å². The Morgan fingerprint density at radius 2 is 1.68 bits per heavy atom. The fourth-order valence-corrected chi connectivity index (χ4v) is 3.72. The average Bonchev–Trinajstić information content (AvgIpc) is 2.75. The lowest BCUT2D eigenvalue weighted by Crippen LogP contribution is -2.30. The van der Waals surface area contributed by atoms with Crippen LogP contribution in [-0.2, 0) is 11.3 Å². The molecule has 0 aliphatic carbocycles. The molecule has 1 amide bonds. The van der Waals surface area contributed by atoms with Gasteiger partial charge in [0.1, 0.15) is 6.54 Å². The summed E-state index contributed by atoms with van der Waals surface area (Å²) in [6, 6.07) is 18.8. The molecule has 0 aliphatic heterocycles. The van der Waals surface area contributed by atoms with Gasteiger partial charge in [0, 0.05) is 21.7 Å². The first-order chi connectivity index (χ1) is 14.8. The monoisotopic (exact) mass is 431 g/mol. The highest BCUT2D eigenvalue weighted by Crippen LogP contribution is 2.28. The van der Waals surface area contributed by atoms with Crippen molar-refractivity contribution < 1.29 is 4.79 Å². The van der Waals surface area contributed by atoms with E-state index in [-0.39, 0.29) is 18.0 Å². The zero-order valence-electron chi connectivity index (χ0n) is 17.6. The maximum atomic E-state index is 13.0. The lowest BCUT2D eigenvalue weighted by molar-refractivity contribution is -0.117. The summed E-state index contributed by atoms with van der Waals surface area (Å²) in [6.07, 6.45) is 0. The van der Waals surface area contributed by atoms with E-state index in [4.69, 9.17) is 11.6 Å². The van der Waals surface area contributed by atoms with Crippen molar-refractivity contribution in [2.75, 3.05) is 5.32 Å². The molecule has 0 unspecified atom stereocenters. The van der Waals surface area contributed by atoms with Crippen molar-refractivity contribution in [1.29, 1.82) is 0 Å². The predicted octanol–water partition coefficient (Wildman–Crippen LogP) is 5.28. The van der Waals surface area contributed by atoms with Crippen molar-refractivity contribution in [3.05, 3.63) is 92.7 Å². The standard InChI is InChI=1S/C25H22ClN3O2/c1-15-8-9-16(2)21(12-15)24-19-6-4-5-7-20(19)25(31)29(28-24)14-23(30)27-18-11-10-17(3)22(26)13-18/h4-13H,14H2,1-3H3,(H,27,30). The van der Waals surface area contributed by atoms with Crippen LogP contribution in [0.3, 0.4) is 0 Å². The second-order valence-corrected chi connectivity index (χ2v) is 8.09. The number of hydrogen-bond donors (Lipinski definition) is 1. The fourth-order valence-electron chi connectivity index (χ4n) is 3.54. The Morgan fingerprint density at radius 3 is 2.42 bits per heavy atom. The third-order valence-corrected chi connectivity index (χ3v) is 5.67. The first kappa shape index (κ1) is 20.8. The molecule has 4 aromatic rings. The molecule has 0 radical (unpaired) electrons. The first-order valence-corrected chi connectivity index (χ1v) is 10.3. The zero-order valence-corrected chi connectivity index (χ0v) is 18.3. The van der Waals surface area contributed by atoms with Gasteiger partial charge in [-0.05, 0) is 56.2 Å². The van der Waals surface area contributed by atoms with E-state index in [0.29, 0.717) is 21.8 Å². The molecule has 31 heavy (non-hydrogen) atoms. The van der Waals surface area contributed by atoms with Crippen molar-refractivity contribution in [1.82, 2.24) is 9.78 Å². The minimum absolute atomic E-state index is 0.201. The van der Waals surface area contributed by atoms with Crippen LogP contribution in [0, 0.1) is 20.8 Å². The van der Waals surface area contributed by atoms with Gasteiger partial charge < -0.3 is 5.32 Å². The first-order valence-electron chi connectivity index (χ1n) is 9.97. The fraction of sp³-hybridized carbons (Fsp3) is 0.160. The highest BCUT2D eigenvalue weighted by Gasteiger charge is 2.16. The van der Waals surface area contributed by atoms with Crippen molar-refractivity contribution in [2.24, 2.45) is 0 Å². The zero-order chi connectivity index (χ0) is 22.1. The van der Waals surface area contributed by atoms with Crippen LogP contribution in [0.25, 0.3) is 22.0 Å². The van der Waals surface area contributed by atoms with Crippen LogP contribution in [-0.4, -0.2) is 15.7 Å². The number of carbonyl (C=O) groups is 1. The molecule has 6 heteroatoms. The SMILES string of the molecule is Cc1ccc(C)c(-c2nn(CC(=O)Nc3ccc(C)c(Cl)c3)c(=O)c3ccccc23)c1. The molecule has 0 saturated carbocycles. The number of benzene rings is 3. The lowest BCUT2D eigenvalue weighted by atomic mass is 9.99. The number of anilines is 1. The molecule has 1 aromatic heterocycles. The average molecular weight is 432 g/mol. The topological polar surface area (TPSA) is 64.0 Å². The van der Waals surface area contributed by atoms with Gasteiger partial charge >= 0.3 is 0 Å². The predicted molar refractivity (Wildman–Crippen MR) is 126 cm³/mol. The van der Waals surface area contributed by atoms with Crippen LogP contribution in [0.15, 0.2) is 65.5 Å². The highest BCUT2D eigenvalue weighted by atomic mass is 35.5. The normalized spacial score (nSPS) is 11.0. The quantitative estimate of drug-likeness (QED) is 0.478. The number of nitrogens with one attached hydrogen (secondary N) is 1. The third kappa shape index (κ3) is 4.23. The van der Waals surface area contributed by atoms with E-state index in [1.54, 1.807) is 18.2 Å². The minimum atomic E-state index is -0.350.